The molecule has 0 aromatic heterocycles. The molecule has 5 nitrogen and oxygen atoms in total. The number of hydrogen-bond donors (Lipinski definition) is 3. The zero-order valence-corrected chi connectivity index (χ0v) is 10.4. The Bertz CT molecular complexity index is 162. The summed E-state index contributed by atoms with van der Waals surface area (Å²) >= 11 is 0. The third-order valence-electron chi connectivity index (χ3n) is 1.69. The zero-order chi connectivity index (χ0) is 11.9. The minimum atomic E-state index is -4.64. The summed E-state index contributed by atoms with van der Waals surface area (Å²) in [5.41, 5.74) is 0. The van der Waals surface area contributed by atoms with Crippen molar-refractivity contribution >= 4 is 7.82 Å². The molecule has 0 aliphatic heterocycles. The Labute approximate surface area is 86.0 Å². The van der Waals surface area contributed by atoms with Gasteiger partial charge in [0, 0.05) is 12.1 Å². The highest BCUT2D eigenvalue weighted by molar-refractivity contribution is 7.45. The van der Waals surface area contributed by atoms with Gasteiger partial charge in [0.2, 0.25) is 0 Å². The molecule has 0 saturated carbocycles. The minimum Gasteiger partial charge on any atom is -0.303 e. The maximum absolute atomic E-state index is 8.88. The van der Waals surface area contributed by atoms with Crippen molar-refractivity contribution in [1.29, 1.82) is 0 Å². The van der Waals surface area contributed by atoms with Crippen LogP contribution in [-0.4, -0.2) is 38.2 Å². The number of hydrogen-bond acceptors (Lipinski definition) is 2. The zero-order valence-electron chi connectivity index (χ0n) is 9.51. The van der Waals surface area contributed by atoms with Crippen molar-refractivity contribution in [2.24, 2.45) is 0 Å². The molecule has 0 unspecified atom stereocenters. The normalized spacial score (nSPS) is 11.9. The van der Waals surface area contributed by atoms with E-state index in [0.717, 1.165) is 6.54 Å². The molecular formula is C8H22NO4P. The largest absolute Gasteiger partial charge is 0.466 e. The van der Waals surface area contributed by atoms with Crippen LogP contribution >= 0.6 is 7.82 Å². The SMILES string of the molecule is CCN(C(C)C)C(C)C.O=P(O)(O)O. The summed E-state index contributed by atoms with van der Waals surface area (Å²) in [6, 6.07) is 1.38. The first-order chi connectivity index (χ1) is 6.09. The minimum absolute atomic E-state index is 0.690. The molecule has 0 bridgehead atoms. The Morgan fingerprint density at radius 1 is 1.07 bits per heavy atom. The van der Waals surface area contributed by atoms with E-state index in [0.29, 0.717) is 12.1 Å². The molecule has 0 spiro atoms. The molecule has 0 atom stereocenters. The Hall–Kier alpha value is 0.0700. The molecule has 0 heterocycles. The van der Waals surface area contributed by atoms with E-state index in [1.54, 1.807) is 0 Å². The number of rotatable bonds is 3. The molecule has 0 fully saturated rings. The monoisotopic (exact) mass is 227 g/mol. The Morgan fingerprint density at radius 3 is 1.29 bits per heavy atom. The predicted octanol–water partition coefficient (Wildman–Crippen LogP) is 1.20. The fourth-order valence-electron chi connectivity index (χ4n) is 1.33. The van der Waals surface area contributed by atoms with Crippen LogP contribution in [0.1, 0.15) is 34.6 Å². The lowest BCUT2D eigenvalue weighted by Crippen LogP contribution is -2.36. The molecule has 0 radical (unpaired) electrons. The molecule has 3 N–H and O–H groups in total. The topological polar surface area (TPSA) is 81.0 Å². The van der Waals surface area contributed by atoms with E-state index in [-0.39, 0.29) is 0 Å². The van der Waals surface area contributed by atoms with E-state index in [2.05, 4.69) is 39.5 Å². The van der Waals surface area contributed by atoms with Gasteiger partial charge in [0.25, 0.3) is 0 Å². The van der Waals surface area contributed by atoms with E-state index in [1.807, 2.05) is 0 Å². The van der Waals surface area contributed by atoms with Crippen LogP contribution in [0.3, 0.4) is 0 Å². The second-order valence-corrected chi connectivity index (χ2v) is 4.56. The average Bonchev–Trinajstić information content (AvgIpc) is 1.81. The fourth-order valence-corrected chi connectivity index (χ4v) is 1.33. The molecule has 6 heteroatoms. The highest BCUT2D eigenvalue weighted by Gasteiger charge is 2.08. The van der Waals surface area contributed by atoms with E-state index in [9.17, 15) is 0 Å². The number of phosphoric acid groups is 1. The van der Waals surface area contributed by atoms with Gasteiger partial charge in [-0.1, -0.05) is 6.92 Å². The van der Waals surface area contributed by atoms with Gasteiger partial charge < -0.3 is 14.7 Å². The Kier molecular flexibility index (Phi) is 8.69. The highest BCUT2D eigenvalue weighted by atomic mass is 31.2. The average molecular weight is 227 g/mol. The molecule has 88 valence electrons. The van der Waals surface area contributed by atoms with Crippen LogP contribution in [-0.2, 0) is 4.57 Å². The molecule has 0 rings (SSSR count). The Balaban J connectivity index is 0. The lowest BCUT2D eigenvalue weighted by molar-refractivity contribution is 0.185. The summed E-state index contributed by atoms with van der Waals surface area (Å²) in [6.45, 7) is 12.3. The first-order valence-electron chi connectivity index (χ1n) is 4.63. The first-order valence-corrected chi connectivity index (χ1v) is 6.20. The summed E-state index contributed by atoms with van der Waals surface area (Å²) in [7, 11) is -4.64. The van der Waals surface area contributed by atoms with Gasteiger partial charge in [-0.2, -0.15) is 0 Å². The predicted molar refractivity (Wildman–Crippen MR) is 56.9 cm³/mol. The van der Waals surface area contributed by atoms with E-state index in [1.165, 1.54) is 0 Å². The lowest BCUT2D eigenvalue weighted by Gasteiger charge is -2.28. The van der Waals surface area contributed by atoms with Crippen molar-refractivity contribution in [1.82, 2.24) is 4.90 Å². The van der Waals surface area contributed by atoms with Crippen LogP contribution in [0.4, 0.5) is 0 Å². The summed E-state index contributed by atoms with van der Waals surface area (Å²) in [6.07, 6.45) is 0. The third-order valence-corrected chi connectivity index (χ3v) is 1.69. The van der Waals surface area contributed by atoms with Crippen LogP contribution in [0.2, 0.25) is 0 Å². The number of nitrogens with zero attached hydrogens (tertiary/aromatic N) is 1. The van der Waals surface area contributed by atoms with Crippen molar-refractivity contribution in [3.05, 3.63) is 0 Å². The standard InChI is InChI=1S/C8H19N.H3O4P/c1-6-9(7(2)3)8(4)5;1-5(2,3)4/h7-8H,6H2,1-5H3;(H3,1,2,3,4). The Morgan fingerprint density at radius 2 is 1.29 bits per heavy atom. The van der Waals surface area contributed by atoms with Crippen LogP contribution in [0, 0.1) is 0 Å². The van der Waals surface area contributed by atoms with Crippen molar-refractivity contribution in [2.75, 3.05) is 6.54 Å². The van der Waals surface area contributed by atoms with Gasteiger partial charge in [-0.15, -0.1) is 0 Å². The van der Waals surface area contributed by atoms with E-state index in [4.69, 9.17) is 19.2 Å². The molecule has 0 saturated heterocycles. The quantitative estimate of drug-likeness (QED) is 0.631. The highest BCUT2D eigenvalue weighted by Crippen LogP contribution is 2.25. The first kappa shape index (κ1) is 16.5. The summed E-state index contributed by atoms with van der Waals surface area (Å²) in [4.78, 5) is 24.0. The second-order valence-electron chi connectivity index (χ2n) is 3.53. The van der Waals surface area contributed by atoms with Gasteiger partial charge in [-0.25, -0.2) is 4.57 Å². The van der Waals surface area contributed by atoms with Crippen molar-refractivity contribution in [3.63, 3.8) is 0 Å². The van der Waals surface area contributed by atoms with Gasteiger partial charge in [-0.3, -0.25) is 4.90 Å². The van der Waals surface area contributed by atoms with Gasteiger partial charge in [0.1, 0.15) is 0 Å². The van der Waals surface area contributed by atoms with Crippen LogP contribution in [0.5, 0.6) is 0 Å². The lowest BCUT2D eigenvalue weighted by atomic mass is 10.2. The van der Waals surface area contributed by atoms with Crippen LogP contribution in [0.25, 0.3) is 0 Å². The smallest absolute Gasteiger partial charge is 0.303 e. The van der Waals surface area contributed by atoms with Crippen molar-refractivity contribution < 1.29 is 19.2 Å². The van der Waals surface area contributed by atoms with Crippen molar-refractivity contribution in [3.8, 4) is 0 Å². The summed E-state index contributed by atoms with van der Waals surface area (Å²) in [5.74, 6) is 0. The summed E-state index contributed by atoms with van der Waals surface area (Å²) in [5, 5.41) is 0. The second kappa shape index (κ2) is 7.37. The van der Waals surface area contributed by atoms with Gasteiger partial charge in [-0.05, 0) is 34.2 Å². The van der Waals surface area contributed by atoms with E-state index < -0.39 is 7.82 Å². The molecule has 0 amide bonds. The van der Waals surface area contributed by atoms with E-state index >= 15 is 0 Å². The molecular weight excluding hydrogens is 205 g/mol. The molecule has 14 heavy (non-hydrogen) atoms. The van der Waals surface area contributed by atoms with Gasteiger partial charge >= 0.3 is 7.82 Å². The molecule has 0 aliphatic carbocycles. The van der Waals surface area contributed by atoms with Crippen LogP contribution in [0.15, 0.2) is 0 Å². The van der Waals surface area contributed by atoms with Crippen LogP contribution < -0.4 is 0 Å². The molecule has 0 aromatic rings. The van der Waals surface area contributed by atoms with Gasteiger partial charge in [0.15, 0.2) is 0 Å². The van der Waals surface area contributed by atoms with Gasteiger partial charge in [0.05, 0.1) is 0 Å². The summed E-state index contributed by atoms with van der Waals surface area (Å²) < 4.78 is 8.88. The fraction of sp³-hybridized carbons (Fsp3) is 1.00. The van der Waals surface area contributed by atoms with Crippen molar-refractivity contribution in [2.45, 2.75) is 46.7 Å². The molecule has 0 aliphatic rings. The maximum atomic E-state index is 8.88. The molecule has 0 aromatic carbocycles. The third kappa shape index (κ3) is 14.6. The maximum Gasteiger partial charge on any atom is 0.466 e.